The molecule has 3 heteroatoms. The third kappa shape index (κ3) is 2.27. The highest BCUT2D eigenvalue weighted by atomic mass is 16.5. The van der Waals surface area contributed by atoms with E-state index >= 15 is 0 Å². The zero-order chi connectivity index (χ0) is 14.2. The number of Topliss-reactive ketones (excluding diaryl/α,β-unsaturated/α-hetero) is 1. The molecule has 19 heavy (non-hydrogen) atoms. The van der Waals surface area contributed by atoms with Crippen molar-refractivity contribution in [1.82, 2.24) is 5.32 Å². The summed E-state index contributed by atoms with van der Waals surface area (Å²) >= 11 is 0. The normalized spacial score (nSPS) is 16.3. The maximum Gasteiger partial charge on any atom is 0.174 e. The first-order chi connectivity index (χ1) is 8.96. The first-order valence-electron chi connectivity index (χ1n) is 6.81. The molecule has 1 N–H and O–H groups in total. The lowest BCUT2D eigenvalue weighted by molar-refractivity contribution is 0.0896. The Bertz CT molecular complexity index is 516. The van der Waals surface area contributed by atoms with E-state index in [1.165, 1.54) is 5.56 Å². The molecule has 2 rings (SSSR count). The van der Waals surface area contributed by atoms with Gasteiger partial charge in [0.1, 0.15) is 5.75 Å². The summed E-state index contributed by atoms with van der Waals surface area (Å²) in [5, 5.41) is 3.14. The molecular formula is C16H23NO2. The van der Waals surface area contributed by atoms with Gasteiger partial charge >= 0.3 is 0 Å². The summed E-state index contributed by atoms with van der Waals surface area (Å²) in [6.07, 6.45) is 1.95. The number of hydrogen-bond acceptors (Lipinski definition) is 3. The molecule has 0 saturated heterocycles. The van der Waals surface area contributed by atoms with E-state index in [2.05, 4.69) is 18.3 Å². The lowest BCUT2D eigenvalue weighted by Gasteiger charge is -2.20. The van der Waals surface area contributed by atoms with E-state index < -0.39 is 0 Å². The van der Waals surface area contributed by atoms with Crippen molar-refractivity contribution in [1.29, 1.82) is 0 Å². The van der Waals surface area contributed by atoms with E-state index in [0.29, 0.717) is 0 Å². The van der Waals surface area contributed by atoms with Crippen molar-refractivity contribution >= 4 is 5.78 Å². The van der Waals surface area contributed by atoms with E-state index in [1.807, 2.05) is 20.9 Å². The highest BCUT2D eigenvalue weighted by Gasteiger charge is 2.50. The van der Waals surface area contributed by atoms with Gasteiger partial charge in [-0.25, -0.2) is 0 Å². The molecule has 1 fully saturated rings. The number of carbonyl (C=O) groups excluding carboxylic acids is 1. The number of hydrogen-bond donors (Lipinski definition) is 1. The van der Waals surface area contributed by atoms with Crippen LogP contribution in [0.5, 0.6) is 5.75 Å². The zero-order valence-corrected chi connectivity index (χ0v) is 12.5. The average Bonchev–Trinajstić information content (AvgIpc) is 3.14. The van der Waals surface area contributed by atoms with Crippen LogP contribution in [0.3, 0.4) is 0 Å². The fourth-order valence-electron chi connectivity index (χ4n) is 2.83. The molecular weight excluding hydrogens is 238 g/mol. The summed E-state index contributed by atoms with van der Waals surface area (Å²) in [5.41, 5.74) is 3.83. The van der Waals surface area contributed by atoms with Gasteiger partial charge in [0.2, 0.25) is 0 Å². The van der Waals surface area contributed by atoms with Crippen molar-refractivity contribution in [2.45, 2.75) is 33.6 Å². The maximum absolute atomic E-state index is 12.9. The van der Waals surface area contributed by atoms with Crippen LogP contribution in [-0.4, -0.2) is 26.5 Å². The molecule has 0 heterocycles. The Balaban J connectivity index is 2.51. The fourth-order valence-corrected chi connectivity index (χ4v) is 2.83. The molecule has 3 nitrogen and oxygen atoms in total. The number of benzene rings is 1. The van der Waals surface area contributed by atoms with E-state index in [0.717, 1.165) is 41.8 Å². The van der Waals surface area contributed by atoms with Crippen molar-refractivity contribution in [3.63, 3.8) is 0 Å². The molecule has 1 aromatic rings. The van der Waals surface area contributed by atoms with E-state index in [9.17, 15) is 4.79 Å². The summed E-state index contributed by atoms with van der Waals surface area (Å²) in [7, 11) is 3.55. The molecule has 104 valence electrons. The van der Waals surface area contributed by atoms with Gasteiger partial charge in [0.25, 0.3) is 0 Å². The van der Waals surface area contributed by atoms with Crippen molar-refractivity contribution in [3.05, 3.63) is 28.3 Å². The van der Waals surface area contributed by atoms with Gasteiger partial charge < -0.3 is 10.1 Å². The van der Waals surface area contributed by atoms with E-state index in [-0.39, 0.29) is 11.2 Å². The first-order valence-corrected chi connectivity index (χ1v) is 6.81. The van der Waals surface area contributed by atoms with Gasteiger partial charge in [0.05, 0.1) is 12.7 Å². The van der Waals surface area contributed by atoms with Gasteiger partial charge in [-0.1, -0.05) is 6.07 Å². The molecule has 1 aromatic carbocycles. The molecule has 0 aliphatic heterocycles. The van der Waals surface area contributed by atoms with Crippen molar-refractivity contribution in [2.24, 2.45) is 5.41 Å². The Morgan fingerprint density at radius 2 is 1.95 bits per heavy atom. The standard InChI is InChI=1S/C16H23NO2/c1-10-8-11(2)13(14(19-5)12(10)3)15(18)16(6-7-16)9-17-4/h8,17H,6-7,9H2,1-5H3. The molecule has 0 unspecified atom stereocenters. The topological polar surface area (TPSA) is 38.3 Å². The van der Waals surface area contributed by atoms with Crippen LogP contribution in [0, 0.1) is 26.2 Å². The third-order valence-corrected chi connectivity index (χ3v) is 4.27. The summed E-state index contributed by atoms with van der Waals surface area (Å²) in [6.45, 7) is 6.82. The summed E-state index contributed by atoms with van der Waals surface area (Å²) in [5.74, 6) is 0.990. The Hall–Kier alpha value is -1.35. The van der Waals surface area contributed by atoms with E-state index in [1.54, 1.807) is 7.11 Å². The summed E-state index contributed by atoms with van der Waals surface area (Å²) in [4.78, 5) is 12.9. The van der Waals surface area contributed by atoms with Crippen LogP contribution in [0.4, 0.5) is 0 Å². The first kappa shape index (κ1) is 14.1. The van der Waals surface area contributed by atoms with Crippen LogP contribution >= 0.6 is 0 Å². The van der Waals surface area contributed by atoms with Gasteiger partial charge in [-0.15, -0.1) is 0 Å². The number of rotatable bonds is 5. The Labute approximate surface area is 115 Å². The number of carbonyl (C=O) groups is 1. The number of aryl methyl sites for hydroxylation is 2. The van der Waals surface area contributed by atoms with Gasteiger partial charge in [-0.2, -0.15) is 0 Å². The molecule has 0 radical (unpaired) electrons. The number of ketones is 1. The van der Waals surface area contributed by atoms with Crippen LogP contribution < -0.4 is 10.1 Å². The zero-order valence-electron chi connectivity index (χ0n) is 12.5. The Morgan fingerprint density at radius 3 is 2.42 bits per heavy atom. The predicted molar refractivity (Wildman–Crippen MR) is 77.1 cm³/mol. The number of nitrogens with one attached hydrogen (secondary N) is 1. The van der Waals surface area contributed by atoms with Crippen LogP contribution in [0.25, 0.3) is 0 Å². The Morgan fingerprint density at radius 1 is 1.32 bits per heavy atom. The average molecular weight is 261 g/mol. The maximum atomic E-state index is 12.9. The molecule has 0 atom stereocenters. The van der Waals surface area contributed by atoms with Crippen molar-refractivity contribution < 1.29 is 9.53 Å². The van der Waals surface area contributed by atoms with Gasteiger partial charge in [-0.05, 0) is 57.4 Å². The minimum absolute atomic E-state index is 0.200. The predicted octanol–water partition coefficient (Wildman–Crippen LogP) is 2.80. The smallest absolute Gasteiger partial charge is 0.174 e. The van der Waals surface area contributed by atoms with Gasteiger partial charge in [-0.3, -0.25) is 4.79 Å². The van der Waals surface area contributed by atoms with Crippen molar-refractivity contribution in [2.75, 3.05) is 20.7 Å². The van der Waals surface area contributed by atoms with Gasteiger partial charge in [0, 0.05) is 12.0 Å². The SMILES string of the molecule is CNCC1(C(=O)c2c(C)cc(C)c(C)c2OC)CC1. The van der Waals surface area contributed by atoms with Crippen molar-refractivity contribution in [3.8, 4) is 5.75 Å². The number of methoxy groups -OCH3 is 1. The lowest BCUT2D eigenvalue weighted by atomic mass is 9.88. The molecule has 0 bridgehead atoms. The second-order valence-electron chi connectivity index (χ2n) is 5.68. The molecule has 1 aliphatic rings. The third-order valence-electron chi connectivity index (χ3n) is 4.27. The lowest BCUT2D eigenvalue weighted by Crippen LogP contribution is -2.29. The number of ether oxygens (including phenoxy) is 1. The second kappa shape index (κ2) is 4.97. The monoisotopic (exact) mass is 261 g/mol. The molecule has 1 saturated carbocycles. The van der Waals surface area contributed by atoms with Crippen LogP contribution in [-0.2, 0) is 0 Å². The van der Waals surface area contributed by atoms with Crippen LogP contribution in [0.2, 0.25) is 0 Å². The summed E-state index contributed by atoms with van der Waals surface area (Å²) < 4.78 is 5.52. The summed E-state index contributed by atoms with van der Waals surface area (Å²) in [6, 6.07) is 2.08. The Kier molecular flexibility index (Phi) is 3.68. The molecule has 0 aromatic heterocycles. The highest BCUT2D eigenvalue weighted by molar-refractivity contribution is 6.06. The van der Waals surface area contributed by atoms with Crippen LogP contribution in [0.1, 0.15) is 39.9 Å². The molecule has 0 spiro atoms. The minimum Gasteiger partial charge on any atom is -0.496 e. The van der Waals surface area contributed by atoms with Crippen LogP contribution in [0.15, 0.2) is 6.07 Å². The molecule has 1 aliphatic carbocycles. The quantitative estimate of drug-likeness (QED) is 0.828. The molecule has 0 amide bonds. The van der Waals surface area contributed by atoms with Gasteiger partial charge in [0.15, 0.2) is 5.78 Å². The largest absolute Gasteiger partial charge is 0.496 e. The second-order valence-corrected chi connectivity index (χ2v) is 5.68. The highest BCUT2D eigenvalue weighted by Crippen LogP contribution is 2.49. The van der Waals surface area contributed by atoms with E-state index in [4.69, 9.17) is 4.74 Å². The fraction of sp³-hybridized carbons (Fsp3) is 0.562. The minimum atomic E-state index is -0.200.